The maximum atomic E-state index is 11.9. The zero-order valence-corrected chi connectivity index (χ0v) is 8.38. The number of hydrogen-bond donors (Lipinski definition) is 1. The van der Waals surface area contributed by atoms with Gasteiger partial charge in [-0.2, -0.15) is 13.2 Å². The molecule has 1 unspecified atom stereocenters. The van der Waals surface area contributed by atoms with Gasteiger partial charge >= 0.3 is 6.18 Å². The van der Waals surface area contributed by atoms with E-state index < -0.39 is 24.7 Å². The molecule has 0 aromatic heterocycles. The number of carbonyl (C=O) groups is 2. The molecular formula is C9H11F3N2O2. The van der Waals surface area contributed by atoms with Crippen molar-refractivity contribution in [3.63, 3.8) is 0 Å². The molecule has 2 amide bonds. The number of halogens is 3. The van der Waals surface area contributed by atoms with Crippen LogP contribution in [0.25, 0.3) is 0 Å². The molecule has 4 nitrogen and oxygen atoms in total. The Balaban J connectivity index is 1.92. The second kappa shape index (κ2) is 3.73. The number of rotatable bonds is 3. The van der Waals surface area contributed by atoms with E-state index >= 15 is 0 Å². The fourth-order valence-corrected chi connectivity index (χ4v) is 1.77. The number of amides is 2. The molecular weight excluding hydrogens is 225 g/mol. The lowest BCUT2D eigenvalue weighted by atomic mass is 10.2. The highest BCUT2D eigenvalue weighted by atomic mass is 19.4. The van der Waals surface area contributed by atoms with Crippen molar-refractivity contribution in [1.29, 1.82) is 0 Å². The molecule has 1 aliphatic carbocycles. The minimum absolute atomic E-state index is 0.0716. The van der Waals surface area contributed by atoms with Crippen LogP contribution >= 0.6 is 0 Å². The van der Waals surface area contributed by atoms with Gasteiger partial charge in [0.2, 0.25) is 11.8 Å². The van der Waals surface area contributed by atoms with Crippen LogP contribution in [-0.4, -0.2) is 41.5 Å². The highest BCUT2D eigenvalue weighted by Gasteiger charge is 2.46. The SMILES string of the molecule is O=C1CC(NCC(F)(F)F)C(=O)N1C1CC1. The lowest BCUT2D eigenvalue weighted by molar-refractivity contribution is -0.140. The first-order chi connectivity index (χ1) is 7.38. The second-order valence-corrected chi connectivity index (χ2v) is 4.09. The van der Waals surface area contributed by atoms with Crippen LogP contribution in [0.1, 0.15) is 19.3 Å². The van der Waals surface area contributed by atoms with E-state index in [0.717, 1.165) is 17.7 Å². The van der Waals surface area contributed by atoms with Gasteiger partial charge in [-0.1, -0.05) is 0 Å². The van der Waals surface area contributed by atoms with Gasteiger partial charge in [0.1, 0.15) is 0 Å². The zero-order chi connectivity index (χ0) is 11.9. The summed E-state index contributed by atoms with van der Waals surface area (Å²) in [4.78, 5) is 24.1. The average molecular weight is 236 g/mol. The molecule has 1 heterocycles. The molecule has 0 bridgehead atoms. The highest BCUT2D eigenvalue weighted by Crippen LogP contribution is 2.31. The van der Waals surface area contributed by atoms with E-state index in [2.05, 4.69) is 5.32 Å². The van der Waals surface area contributed by atoms with Crippen LogP contribution in [0.4, 0.5) is 13.2 Å². The molecule has 1 N–H and O–H groups in total. The van der Waals surface area contributed by atoms with Crippen molar-refractivity contribution in [3.8, 4) is 0 Å². The lowest BCUT2D eigenvalue weighted by Gasteiger charge is -2.15. The molecule has 2 aliphatic rings. The summed E-state index contributed by atoms with van der Waals surface area (Å²) >= 11 is 0. The van der Waals surface area contributed by atoms with Gasteiger partial charge in [0, 0.05) is 6.04 Å². The van der Waals surface area contributed by atoms with E-state index in [-0.39, 0.29) is 18.4 Å². The predicted octanol–water partition coefficient (Wildman–Crippen LogP) is 0.428. The van der Waals surface area contributed by atoms with Gasteiger partial charge in [0.25, 0.3) is 0 Å². The zero-order valence-electron chi connectivity index (χ0n) is 8.38. The van der Waals surface area contributed by atoms with Gasteiger partial charge in [-0.15, -0.1) is 0 Å². The molecule has 0 aromatic carbocycles. The third-order valence-corrected chi connectivity index (χ3v) is 2.64. The van der Waals surface area contributed by atoms with Gasteiger partial charge in [0.05, 0.1) is 19.0 Å². The first-order valence-electron chi connectivity index (χ1n) is 5.04. The smallest absolute Gasteiger partial charge is 0.297 e. The highest BCUT2D eigenvalue weighted by molar-refractivity contribution is 6.06. The van der Waals surface area contributed by atoms with Crippen LogP contribution in [0.5, 0.6) is 0 Å². The van der Waals surface area contributed by atoms with Crippen molar-refractivity contribution in [2.45, 2.75) is 37.5 Å². The molecule has 1 atom stereocenters. The minimum Gasteiger partial charge on any atom is -0.297 e. The Morgan fingerprint density at radius 1 is 1.31 bits per heavy atom. The maximum absolute atomic E-state index is 11.9. The molecule has 0 aromatic rings. The van der Waals surface area contributed by atoms with Gasteiger partial charge in [-0.3, -0.25) is 19.8 Å². The summed E-state index contributed by atoms with van der Waals surface area (Å²) in [6.07, 6.45) is -2.99. The van der Waals surface area contributed by atoms with E-state index in [1.165, 1.54) is 0 Å². The molecule has 0 spiro atoms. The summed E-state index contributed by atoms with van der Waals surface area (Å²) in [5.74, 6) is -0.885. The molecule has 16 heavy (non-hydrogen) atoms. The van der Waals surface area contributed by atoms with Crippen molar-refractivity contribution < 1.29 is 22.8 Å². The maximum Gasteiger partial charge on any atom is 0.401 e. The molecule has 1 saturated heterocycles. The van der Waals surface area contributed by atoms with Crippen molar-refractivity contribution in [3.05, 3.63) is 0 Å². The molecule has 1 aliphatic heterocycles. The number of hydrogen-bond acceptors (Lipinski definition) is 3. The Morgan fingerprint density at radius 3 is 2.44 bits per heavy atom. The number of nitrogens with one attached hydrogen (secondary N) is 1. The van der Waals surface area contributed by atoms with Crippen LogP contribution in [0, 0.1) is 0 Å². The number of nitrogens with zero attached hydrogens (tertiary/aromatic N) is 1. The lowest BCUT2D eigenvalue weighted by Crippen LogP contribution is -2.43. The van der Waals surface area contributed by atoms with E-state index in [1.54, 1.807) is 0 Å². The third kappa shape index (κ3) is 2.34. The average Bonchev–Trinajstić information content (AvgIpc) is 2.91. The van der Waals surface area contributed by atoms with Crippen molar-refractivity contribution in [2.24, 2.45) is 0 Å². The molecule has 1 saturated carbocycles. The Bertz CT molecular complexity index is 325. The van der Waals surface area contributed by atoms with E-state index in [4.69, 9.17) is 0 Å². The van der Waals surface area contributed by atoms with Crippen LogP contribution in [0.3, 0.4) is 0 Å². The third-order valence-electron chi connectivity index (χ3n) is 2.64. The van der Waals surface area contributed by atoms with Gasteiger partial charge < -0.3 is 0 Å². The fraction of sp³-hybridized carbons (Fsp3) is 0.778. The fourth-order valence-electron chi connectivity index (χ4n) is 1.77. The first kappa shape index (κ1) is 11.4. The van der Waals surface area contributed by atoms with E-state index in [1.807, 2.05) is 0 Å². The molecule has 2 fully saturated rings. The van der Waals surface area contributed by atoms with Gasteiger partial charge in [0.15, 0.2) is 0 Å². The summed E-state index contributed by atoms with van der Waals surface area (Å²) in [7, 11) is 0. The number of likely N-dealkylation sites (tertiary alicyclic amines) is 1. The monoisotopic (exact) mass is 236 g/mol. The number of imide groups is 1. The number of carbonyl (C=O) groups excluding carboxylic acids is 2. The molecule has 2 rings (SSSR count). The van der Waals surface area contributed by atoms with Crippen LogP contribution in [0.15, 0.2) is 0 Å². The molecule has 90 valence electrons. The van der Waals surface area contributed by atoms with Crippen LogP contribution in [-0.2, 0) is 9.59 Å². The van der Waals surface area contributed by atoms with E-state index in [9.17, 15) is 22.8 Å². The Hall–Kier alpha value is -1.11. The van der Waals surface area contributed by atoms with Crippen molar-refractivity contribution >= 4 is 11.8 Å². The summed E-state index contributed by atoms with van der Waals surface area (Å²) in [6.45, 7) is -1.24. The first-order valence-corrected chi connectivity index (χ1v) is 5.04. The largest absolute Gasteiger partial charge is 0.401 e. The van der Waals surface area contributed by atoms with Crippen LogP contribution in [0.2, 0.25) is 0 Å². The topological polar surface area (TPSA) is 49.4 Å². The predicted molar refractivity (Wildman–Crippen MR) is 47.3 cm³/mol. The molecule has 7 heteroatoms. The van der Waals surface area contributed by atoms with Crippen LogP contribution < -0.4 is 5.32 Å². The normalized spacial score (nSPS) is 26.7. The minimum atomic E-state index is -4.36. The summed E-state index contributed by atoms with van der Waals surface area (Å²) in [6, 6.07) is -1.08. The van der Waals surface area contributed by atoms with Gasteiger partial charge in [-0.25, -0.2) is 0 Å². The van der Waals surface area contributed by atoms with E-state index in [0.29, 0.717) is 0 Å². The standard InChI is InChI=1S/C9H11F3N2O2/c10-9(11,12)4-13-6-3-7(15)14(8(6)16)5-1-2-5/h5-6,13H,1-4H2. The van der Waals surface area contributed by atoms with Crippen molar-refractivity contribution in [2.75, 3.05) is 6.54 Å². The summed E-state index contributed by atoms with van der Waals surface area (Å²) in [5.41, 5.74) is 0. The Kier molecular flexibility index (Phi) is 2.65. The quantitative estimate of drug-likeness (QED) is 0.723. The number of alkyl halides is 3. The molecule has 0 radical (unpaired) electrons. The Labute approximate surface area is 89.8 Å². The summed E-state index contributed by atoms with van der Waals surface area (Å²) in [5, 5.41) is 2.08. The summed E-state index contributed by atoms with van der Waals surface area (Å²) < 4.78 is 35.8. The second-order valence-electron chi connectivity index (χ2n) is 4.09. The van der Waals surface area contributed by atoms with Crippen molar-refractivity contribution in [1.82, 2.24) is 10.2 Å². The Morgan fingerprint density at radius 2 is 1.94 bits per heavy atom. The van der Waals surface area contributed by atoms with Gasteiger partial charge in [-0.05, 0) is 12.8 Å².